The highest BCUT2D eigenvalue weighted by atomic mass is 32.2. The van der Waals surface area contributed by atoms with Gasteiger partial charge in [-0.2, -0.15) is 0 Å². The van der Waals surface area contributed by atoms with Gasteiger partial charge in [0.2, 0.25) is 0 Å². The van der Waals surface area contributed by atoms with E-state index in [2.05, 4.69) is 4.98 Å². The van der Waals surface area contributed by atoms with E-state index in [1.54, 1.807) is 24.4 Å². The fraction of sp³-hybridized carbons (Fsp3) is 0.0833. The molecule has 0 radical (unpaired) electrons. The minimum atomic E-state index is -0.493. The Kier molecular flexibility index (Phi) is 3.71. The van der Waals surface area contributed by atoms with Gasteiger partial charge in [-0.1, -0.05) is 17.8 Å². The summed E-state index contributed by atoms with van der Waals surface area (Å²) in [6.45, 7) is -0.0429. The summed E-state index contributed by atoms with van der Waals surface area (Å²) in [6, 6.07) is 7.46. The summed E-state index contributed by atoms with van der Waals surface area (Å²) in [5.74, 6) is -0.977. The lowest BCUT2D eigenvalue weighted by Gasteiger charge is -2.09. The quantitative estimate of drug-likeness (QED) is 0.912. The first-order valence-corrected chi connectivity index (χ1v) is 5.80. The summed E-state index contributed by atoms with van der Waals surface area (Å²) < 4.78 is 27.1. The Morgan fingerprint density at radius 2 is 1.88 bits per heavy atom. The molecule has 1 aromatic heterocycles. The van der Waals surface area contributed by atoms with Crippen molar-refractivity contribution in [2.75, 3.05) is 0 Å². The van der Waals surface area contributed by atoms with Crippen LogP contribution in [0.2, 0.25) is 0 Å². The molecule has 0 fully saturated rings. The molecule has 0 saturated carbocycles. The van der Waals surface area contributed by atoms with E-state index < -0.39 is 11.6 Å². The van der Waals surface area contributed by atoms with Crippen molar-refractivity contribution >= 4 is 11.8 Å². The largest absolute Gasteiger partial charge is 0.326 e. The van der Waals surface area contributed by atoms with Crippen LogP contribution in [0.1, 0.15) is 5.56 Å². The summed E-state index contributed by atoms with van der Waals surface area (Å²) in [7, 11) is 0. The number of halogens is 2. The highest BCUT2D eigenvalue weighted by Gasteiger charge is 2.14. The van der Waals surface area contributed by atoms with Crippen LogP contribution in [0.5, 0.6) is 0 Å². The number of pyridine rings is 1. The number of benzene rings is 1. The maximum absolute atomic E-state index is 13.6. The zero-order valence-corrected chi connectivity index (χ0v) is 9.68. The van der Waals surface area contributed by atoms with Gasteiger partial charge in [-0.05, 0) is 24.3 Å². The van der Waals surface area contributed by atoms with Crippen molar-refractivity contribution in [1.29, 1.82) is 0 Å². The zero-order chi connectivity index (χ0) is 12.3. The van der Waals surface area contributed by atoms with E-state index in [0.29, 0.717) is 5.03 Å². The SMILES string of the molecule is NCc1c(F)ccc(F)c1Sc1ccccn1. The van der Waals surface area contributed by atoms with E-state index in [1.807, 2.05) is 0 Å². The second-order valence-electron chi connectivity index (χ2n) is 3.31. The molecule has 1 aromatic carbocycles. The molecule has 0 atom stereocenters. The molecule has 0 aliphatic heterocycles. The lowest BCUT2D eigenvalue weighted by molar-refractivity contribution is 0.561. The molecule has 2 N–H and O–H groups in total. The van der Waals surface area contributed by atoms with Crippen molar-refractivity contribution in [2.24, 2.45) is 5.73 Å². The molecular formula is C12H10F2N2S. The van der Waals surface area contributed by atoms with Gasteiger partial charge in [0, 0.05) is 18.3 Å². The second-order valence-corrected chi connectivity index (χ2v) is 4.34. The van der Waals surface area contributed by atoms with Crippen LogP contribution in [0, 0.1) is 11.6 Å². The molecule has 2 aromatic rings. The third kappa shape index (κ3) is 2.62. The lowest BCUT2D eigenvalue weighted by atomic mass is 10.2. The summed E-state index contributed by atoms with van der Waals surface area (Å²) in [4.78, 5) is 4.25. The van der Waals surface area contributed by atoms with E-state index in [4.69, 9.17) is 5.73 Å². The Morgan fingerprint density at radius 1 is 1.12 bits per heavy atom. The van der Waals surface area contributed by atoms with Crippen molar-refractivity contribution in [3.63, 3.8) is 0 Å². The first-order valence-electron chi connectivity index (χ1n) is 4.98. The first kappa shape index (κ1) is 12.0. The van der Waals surface area contributed by atoms with Crippen molar-refractivity contribution in [1.82, 2.24) is 4.98 Å². The van der Waals surface area contributed by atoms with E-state index >= 15 is 0 Å². The van der Waals surface area contributed by atoms with E-state index in [1.165, 1.54) is 0 Å². The van der Waals surface area contributed by atoms with Crippen LogP contribution in [-0.2, 0) is 6.54 Å². The normalized spacial score (nSPS) is 10.5. The monoisotopic (exact) mass is 252 g/mol. The molecule has 0 amide bonds. The maximum Gasteiger partial charge on any atom is 0.137 e. The first-order chi connectivity index (χ1) is 8.22. The Bertz CT molecular complexity index is 517. The van der Waals surface area contributed by atoms with Crippen molar-refractivity contribution in [2.45, 2.75) is 16.5 Å². The molecule has 0 aliphatic carbocycles. The van der Waals surface area contributed by atoms with Crippen LogP contribution in [0.15, 0.2) is 46.5 Å². The molecule has 0 saturated heterocycles. The van der Waals surface area contributed by atoms with E-state index in [9.17, 15) is 8.78 Å². The lowest BCUT2D eigenvalue weighted by Crippen LogP contribution is -2.03. The van der Waals surface area contributed by atoms with Gasteiger partial charge >= 0.3 is 0 Å². The van der Waals surface area contributed by atoms with Gasteiger partial charge in [-0.15, -0.1) is 0 Å². The predicted molar refractivity (Wildman–Crippen MR) is 62.6 cm³/mol. The topological polar surface area (TPSA) is 38.9 Å². The molecule has 0 bridgehead atoms. The van der Waals surface area contributed by atoms with Crippen LogP contribution in [0.25, 0.3) is 0 Å². The van der Waals surface area contributed by atoms with Crippen LogP contribution in [0.4, 0.5) is 8.78 Å². The molecule has 0 unspecified atom stereocenters. The van der Waals surface area contributed by atoms with Gasteiger partial charge in [-0.3, -0.25) is 0 Å². The Hall–Kier alpha value is -1.46. The highest BCUT2D eigenvalue weighted by molar-refractivity contribution is 7.99. The molecular weight excluding hydrogens is 242 g/mol. The average molecular weight is 252 g/mol. The highest BCUT2D eigenvalue weighted by Crippen LogP contribution is 2.32. The molecule has 17 heavy (non-hydrogen) atoms. The number of hydrogen-bond donors (Lipinski definition) is 1. The molecule has 2 rings (SSSR count). The Morgan fingerprint density at radius 3 is 2.53 bits per heavy atom. The van der Waals surface area contributed by atoms with Gasteiger partial charge in [0.05, 0.1) is 4.90 Å². The van der Waals surface area contributed by atoms with Crippen LogP contribution < -0.4 is 5.73 Å². The number of aromatic nitrogens is 1. The minimum Gasteiger partial charge on any atom is -0.326 e. The number of hydrogen-bond acceptors (Lipinski definition) is 3. The molecule has 1 heterocycles. The second kappa shape index (κ2) is 5.25. The van der Waals surface area contributed by atoms with E-state index in [0.717, 1.165) is 23.9 Å². The summed E-state index contributed by atoms with van der Waals surface area (Å²) in [5, 5.41) is 0.603. The van der Waals surface area contributed by atoms with Gasteiger partial charge in [-0.25, -0.2) is 13.8 Å². The smallest absolute Gasteiger partial charge is 0.137 e. The standard InChI is InChI=1S/C12H10F2N2S/c13-9-4-5-10(14)12(8(9)7-15)17-11-3-1-2-6-16-11/h1-6H,7,15H2. The summed E-state index contributed by atoms with van der Waals surface area (Å²) in [6.07, 6.45) is 1.60. The number of nitrogens with zero attached hydrogens (tertiary/aromatic N) is 1. The number of nitrogens with two attached hydrogens (primary N) is 1. The Balaban J connectivity index is 2.41. The van der Waals surface area contributed by atoms with Crippen LogP contribution in [-0.4, -0.2) is 4.98 Å². The molecule has 0 aliphatic rings. The molecule has 88 valence electrons. The minimum absolute atomic E-state index is 0.0429. The van der Waals surface area contributed by atoms with Gasteiger partial charge < -0.3 is 5.73 Å². The fourth-order valence-electron chi connectivity index (χ4n) is 1.39. The van der Waals surface area contributed by atoms with Crippen LogP contribution >= 0.6 is 11.8 Å². The van der Waals surface area contributed by atoms with Crippen molar-refractivity contribution < 1.29 is 8.78 Å². The Labute approximate surface area is 102 Å². The molecule has 2 nitrogen and oxygen atoms in total. The van der Waals surface area contributed by atoms with Crippen molar-refractivity contribution in [3.8, 4) is 0 Å². The average Bonchev–Trinajstić information content (AvgIpc) is 2.35. The number of rotatable bonds is 3. The van der Waals surface area contributed by atoms with Gasteiger partial charge in [0.25, 0.3) is 0 Å². The summed E-state index contributed by atoms with van der Waals surface area (Å²) in [5.41, 5.74) is 5.61. The van der Waals surface area contributed by atoms with Crippen LogP contribution in [0.3, 0.4) is 0 Å². The van der Waals surface area contributed by atoms with Crippen molar-refractivity contribution in [3.05, 3.63) is 53.7 Å². The third-order valence-electron chi connectivity index (χ3n) is 2.20. The maximum atomic E-state index is 13.6. The molecule has 5 heteroatoms. The van der Waals surface area contributed by atoms with Gasteiger partial charge in [0.1, 0.15) is 16.7 Å². The van der Waals surface area contributed by atoms with E-state index in [-0.39, 0.29) is 17.0 Å². The fourth-order valence-corrected chi connectivity index (χ4v) is 2.33. The predicted octanol–water partition coefficient (Wildman–Crippen LogP) is 2.97. The molecule has 0 spiro atoms. The zero-order valence-electron chi connectivity index (χ0n) is 8.86. The van der Waals surface area contributed by atoms with Gasteiger partial charge in [0.15, 0.2) is 0 Å². The summed E-state index contributed by atoms with van der Waals surface area (Å²) >= 11 is 1.07. The third-order valence-corrected chi connectivity index (χ3v) is 3.30.